The summed E-state index contributed by atoms with van der Waals surface area (Å²) in [4.78, 5) is 19.7. The Morgan fingerprint density at radius 1 is 1.47 bits per heavy atom. The van der Waals surface area contributed by atoms with Gasteiger partial charge in [-0.2, -0.15) is 0 Å². The molecule has 0 saturated heterocycles. The predicted octanol–water partition coefficient (Wildman–Crippen LogP) is 0.524. The van der Waals surface area contributed by atoms with E-state index in [-0.39, 0.29) is 5.56 Å². The highest BCUT2D eigenvalue weighted by Crippen LogP contribution is 1.94. The van der Waals surface area contributed by atoms with Gasteiger partial charge in [-0.05, 0) is 13.1 Å². The molecule has 0 amide bonds. The van der Waals surface area contributed by atoms with Gasteiger partial charge in [-0.25, -0.2) is 4.98 Å². The van der Waals surface area contributed by atoms with Crippen LogP contribution in [0.15, 0.2) is 17.2 Å². The van der Waals surface area contributed by atoms with E-state index in [9.17, 15) is 4.79 Å². The van der Waals surface area contributed by atoms with Crippen molar-refractivity contribution in [3.05, 3.63) is 22.7 Å². The molecule has 1 aromatic heterocycles. The molecule has 0 aliphatic carbocycles. The van der Waals surface area contributed by atoms with Crippen LogP contribution >= 0.6 is 0 Å². The molecule has 1 heterocycles. The Morgan fingerprint density at radius 2 is 2.20 bits per heavy atom. The molecule has 0 bridgehead atoms. The second-order valence-corrected chi connectivity index (χ2v) is 3.25. The second kappa shape index (κ2) is 6.19. The van der Waals surface area contributed by atoms with E-state index in [4.69, 9.17) is 0 Å². The maximum Gasteiger partial charge on any atom is 0.252 e. The molecule has 0 saturated carbocycles. The van der Waals surface area contributed by atoms with Gasteiger partial charge < -0.3 is 15.2 Å². The van der Waals surface area contributed by atoms with Crippen molar-refractivity contribution in [3.63, 3.8) is 0 Å². The van der Waals surface area contributed by atoms with Crippen LogP contribution in [0, 0.1) is 0 Å². The summed E-state index contributed by atoms with van der Waals surface area (Å²) < 4.78 is 0. The summed E-state index contributed by atoms with van der Waals surface area (Å²) in [6.45, 7) is 8.12. The Balaban J connectivity index is 2.34. The van der Waals surface area contributed by atoms with Gasteiger partial charge in [-0.15, -0.1) is 0 Å². The van der Waals surface area contributed by atoms with Crippen LogP contribution in [0.1, 0.15) is 13.8 Å². The van der Waals surface area contributed by atoms with E-state index >= 15 is 0 Å². The third kappa shape index (κ3) is 4.12. The topological polar surface area (TPSA) is 61.0 Å². The van der Waals surface area contributed by atoms with Gasteiger partial charge >= 0.3 is 0 Å². The van der Waals surface area contributed by atoms with Crippen LogP contribution in [0.4, 0.5) is 5.82 Å². The first-order valence-electron chi connectivity index (χ1n) is 5.27. The lowest BCUT2D eigenvalue weighted by molar-refractivity contribution is 0.316. The number of rotatable bonds is 6. The Bertz CT molecular complexity index is 332. The minimum Gasteiger partial charge on any atom is -0.369 e. The van der Waals surface area contributed by atoms with E-state index in [2.05, 4.69) is 34.0 Å². The van der Waals surface area contributed by atoms with Gasteiger partial charge in [0, 0.05) is 19.2 Å². The van der Waals surface area contributed by atoms with E-state index in [1.165, 1.54) is 12.4 Å². The Labute approximate surface area is 89.5 Å². The van der Waals surface area contributed by atoms with E-state index < -0.39 is 0 Å². The van der Waals surface area contributed by atoms with Crippen molar-refractivity contribution in [2.75, 3.05) is 31.5 Å². The zero-order chi connectivity index (χ0) is 11.1. The number of aromatic nitrogens is 2. The predicted molar refractivity (Wildman–Crippen MR) is 61.1 cm³/mol. The van der Waals surface area contributed by atoms with E-state index in [0.29, 0.717) is 5.82 Å². The quantitative estimate of drug-likeness (QED) is 0.718. The number of likely N-dealkylation sites (N-methyl/N-ethyl adjacent to an activating group) is 1. The Hall–Kier alpha value is -1.36. The summed E-state index contributed by atoms with van der Waals surface area (Å²) in [5.74, 6) is 0.630. The van der Waals surface area contributed by atoms with Gasteiger partial charge in [-0.3, -0.25) is 4.79 Å². The average molecular weight is 210 g/mol. The molecule has 0 radical (unpaired) electrons. The van der Waals surface area contributed by atoms with Crippen molar-refractivity contribution in [2.24, 2.45) is 0 Å². The van der Waals surface area contributed by atoms with Crippen molar-refractivity contribution < 1.29 is 0 Å². The van der Waals surface area contributed by atoms with Crippen molar-refractivity contribution >= 4 is 5.82 Å². The number of anilines is 1. The van der Waals surface area contributed by atoms with Crippen molar-refractivity contribution in [1.29, 1.82) is 0 Å². The summed E-state index contributed by atoms with van der Waals surface area (Å²) in [6.07, 6.45) is 1.40. The highest BCUT2D eigenvalue weighted by atomic mass is 16.1. The Kier molecular flexibility index (Phi) is 4.83. The lowest BCUT2D eigenvalue weighted by atomic mass is 10.4. The largest absolute Gasteiger partial charge is 0.369 e. The minimum absolute atomic E-state index is 0.129. The summed E-state index contributed by atoms with van der Waals surface area (Å²) in [6, 6.07) is 1.46. The van der Waals surface area contributed by atoms with Crippen molar-refractivity contribution in [2.45, 2.75) is 13.8 Å². The smallest absolute Gasteiger partial charge is 0.252 e. The molecule has 84 valence electrons. The van der Waals surface area contributed by atoms with Crippen LogP contribution in [0.5, 0.6) is 0 Å². The summed E-state index contributed by atoms with van der Waals surface area (Å²) >= 11 is 0. The second-order valence-electron chi connectivity index (χ2n) is 3.25. The number of nitrogens with one attached hydrogen (secondary N) is 2. The molecule has 0 unspecified atom stereocenters. The molecule has 0 atom stereocenters. The number of H-pyrrole nitrogens is 1. The van der Waals surface area contributed by atoms with Crippen molar-refractivity contribution in [3.8, 4) is 0 Å². The van der Waals surface area contributed by atoms with E-state index in [1.54, 1.807) is 0 Å². The van der Waals surface area contributed by atoms with E-state index in [1.807, 2.05) is 0 Å². The molecule has 1 aromatic rings. The highest BCUT2D eigenvalue weighted by Gasteiger charge is 1.98. The fraction of sp³-hybridized carbons (Fsp3) is 0.600. The average Bonchev–Trinajstić information content (AvgIpc) is 2.25. The lowest BCUT2D eigenvalue weighted by Gasteiger charge is -2.17. The molecule has 1 rings (SSSR count). The first kappa shape index (κ1) is 11.7. The number of hydrogen-bond donors (Lipinski definition) is 2. The third-order valence-electron chi connectivity index (χ3n) is 2.31. The van der Waals surface area contributed by atoms with Crippen LogP contribution in [0.2, 0.25) is 0 Å². The SMILES string of the molecule is CCN(CC)CCNc1cc(=O)[nH]cn1. The summed E-state index contributed by atoms with van der Waals surface area (Å²) in [5.41, 5.74) is -0.129. The van der Waals surface area contributed by atoms with E-state index in [0.717, 1.165) is 26.2 Å². The number of aromatic amines is 1. The molecule has 0 aromatic carbocycles. The molecule has 0 fully saturated rings. The highest BCUT2D eigenvalue weighted by molar-refractivity contribution is 5.31. The van der Waals surface area contributed by atoms with Gasteiger partial charge in [0.15, 0.2) is 0 Å². The van der Waals surface area contributed by atoms with Crippen LogP contribution in [0.25, 0.3) is 0 Å². The van der Waals surface area contributed by atoms with Gasteiger partial charge in [-0.1, -0.05) is 13.8 Å². The molecule has 0 aliphatic heterocycles. The maximum atomic E-state index is 11.0. The standard InChI is InChI=1S/C10H18N4O/c1-3-14(4-2)6-5-11-9-7-10(15)13-8-12-9/h7-8H,3-6H2,1-2H3,(H2,11,12,13,15). The zero-order valence-corrected chi connectivity index (χ0v) is 9.29. The molecular weight excluding hydrogens is 192 g/mol. The third-order valence-corrected chi connectivity index (χ3v) is 2.31. The van der Waals surface area contributed by atoms with Crippen LogP contribution in [-0.4, -0.2) is 41.0 Å². The first-order valence-corrected chi connectivity index (χ1v) is 5.27. The molecule has 2 N–H and O–H groups in total. The molecule has 0 spiro atoms. The van der Waals surface area contributed by atoms with Crippen molar-refractivity contribution in [1.82, 2.24) is 14.9 Å². The minimum atomic E-state index is -0.129. The fourth-order valence-electron chi connectivity index (χ4n) is 1.35. The Morgan fingerprint density at radius 3 is 2.80 bits per heavy atom. The van der Waals surface area contributed by atoms with Crippen LogP contribution in [0.3, 0.4) is 0 Å². The fourth-order valence-corrected chi connectivity index (χ4v) is 1.35. The van der Waals surface area contributed by atoms with Gasteiger partial charge in [0.25, 0.3) is 5.56 Å². The maximum absolute atomic E-state index is 11.0. The van der Waals surface area contributed by atoms with Crippen LogP contribution < -0.4 is 10.9 Å². The monoisotopic (exact) mass is 210 g/mol. The summed E-state index contributed by atoms with van der Waals surface area (Å²) in [7, 11) is 0. The van der Waals surface area contributed by atoms with Gasteiger partial charge in [0.2, 0.25) is 0 Å². The lowest BCUT2D eigenvalue weighted by Crippen LogP contribution is -2.29. The normalized spacial score (nSPS) is 10.6. The summed E-state index contributed by atoms with van der Waals surface area (Å²) in [5, 5.41) is 3.11. The molecule has 15 heavy (non-hydrogen) atoms. The molecule has 5 nitrogen and oxygen atoms in total. The first-order chi connectivity index (χ1) is 7.26. The molecular formula is C10H18N4O. The number of hydrogen-bond acceptors (Lipinski definition) is 4. The zero-order valence-electron chi connectivity index (χ0n) is 9.29. The molecule has 0 aliphatic rings. The van der Waals surface area contributed by atoms with Gasteiger partial charge in [0.1, 0.15) is 5.82 Å². The van der Waals surface area contributed by atoms with Crippen LogP contribution in [-0.2, 0) is 0 Å². The molecule has 5 heteroatoms. The number of nitrogens with zero attached hydrogens (tertiary/aromatic N) is 2. The van der Waals surface area contributed by atoms with Gasteiger partial charge in [0.05, 0.1) is 6.33 Å².